The summed E-state index contributed by atoms with van der Waals surface area (Å²) in [6.07, 6.45) is 0. The molecule has 2 rings (SSSR count). The molecular formula is C8H5BClFO2S. The fourth-order valence-corrected chi connectivity index (χ4v) is 2.45. The van der Waals surface area contributed by atoms with Crippen LogP contribution < -0.4 is 5.46 Å². The van der Waals surface area contributed by atoms with Gasteiger partial charge in [-0.15, -0.1) is 11.3 Å². The first-order chi connectivity index (χ1) is 6.61. The first-order valence-electron chi connectivity index (χ1n) is 3.82. The third-order valence-electron chi connectivity index (χ3n) is 1.93. The minimum absolute atomic E-state index is 0.00457. The van der Waals surface area contributed by atoms with Crippen molar-refractivity contribution in [3.8, 4) is 0 Å². The van der Waals surface area contributed by atoms with Crippen LogP contribution in [0.2, 0.25) is 5.02 Å². The molecule has 0 aliphatic carbocycles. The molecule has 1 aromatic carbocycles. The van der Waals surface area contributed by atoms with Crippen LogP contribution in [0.5, 0.6) is 0 Å². The van der Waals surface area contributed by atoms with E-state index in [0.717, 1.165) is 6.07 Å². The minimum atomic E-state index is -1.75. The molecule has 0 radical (unpaired) electrons. The van der Waals surface area contributed by atoms with Crippen LogP contribution in [0.4, 0.5) is 4.39 Å². The lowest BCUT2D eigenvalue weighted by atomic mass is 9.80. The van der Waals surface area contributed by atoms with Gasteiger partial charge in [0.2, 0.25) is 0 Å². The Morgan fingerprint density at radius 1 is 1.43 bits per heavy atom. The van der Waals surface area contributed by atoms with E-state index in [1.54, 1.807) is 11.4 Å². The number of thiophene rings is 1. The van der Waals surface area contributed by atoms with Gasteiger partial charge in [0.25, 0.3) is 0 Å². The molecule has 1 heterocycles. The van der Waals surface area contributed by atoms with Gasteiger partial charge >= 0.3 is 7.12 Å². The van der Waals surface area contributed by atoms with Crippen LogP contribution in [0, 0.1) is 5.82 Å². The largest absolute Gasteiger partial charge is 0.490 e. The van der Waals surface area contributed by atoms with Crippen molar-refractivity contribution < 1.29 is 14.4 Å². The Balaban J connectivity index is 2.82. The van der Waals surface area contributed by atoms with Gasteiger partial charge in [-0.05, 0) is 17.5 Å². The molecule has 6 heteroatoms. The van der Waals surface area contributed by atoms with E-state index in [1.807, 2.05) is 0 Å². The molecule has 0 aliphatic rings. The van der Waals surface area contributed by atoms with Gasteiger partial charge in [0.15, 0.2) is 0 Å². The second-order valence-corrected chi connectivity index (χ2v) is 4.09. The maximum Gasteiger partial charge on any atom is 0.490 e. The highest BCUT2D eigenvalue weighted by atomic mass is 35.5. The molecule has 0 fully saturated rings. The molecule has 0 atom stereocenters. The lowest BCUT2D eigenvalue weighted by molar-refractivity contribution is 0.425. The lowest BCUT2D eigenvalue weighted by Crippen LogP contribution is -2.31. The van der Waals surface area contributed by atoms with Gasteiger partial charge in [-0.25, -0.2) is 4.39 Å². The van der Waals surface area contributed by atoms with Crippen molar-refractivity contribution >= 4 is 45.6 Å². The van der Waals surface area contributed by atoms with E-state index >= 15 is 0 Å². The summed E-state index contributed by atoms with van der Waals surface area (Å²) in [5.74, 6) is -0.484. The molecule has 72 valence electrons. The molecule has 0 saturated heterocycles. The second-order valence-electron chi connectivity index (χ2n) is 2.80. The van der Waals surface area contributed by atoms with Crippen molar-refractivity contribution in [1.29, 1.82) is 0 Å². The van der Waals surface area contributed by atoms with E-state index in [1.165, 1.54) is 11.3 Å². The molecule has 1 aromatic heterocycles. The zero-order valence-corrected chi connectivity index (χ0v) is 8.44. The van der Waals surface area contributed by atoms with Crippen LogP contribution in [0.1, 0.15) is 0 Å². The lowest BCUT2D eigenvalue weighted by Gasteiger charge is -2.04. The average Bonchev–Trinajstić information content (AvgIpc) is 2.59. The highest BCUT2D eigenvalue weighted by Gasteiger charge is 2.20. The predicted octanol–water partition coefficient (Wildman–Crippen LogP) is 1.37. The number of rotatable bonds is 1. The Morgan fingerprint density at radius 2 is 2.14 bits per heavy atom. The summed E-state index contributed by atoms with van der Waals surface area (Å²) >= 11 is 7.10. The van der Waals surface area contributed by atoms with Crippen molar-refractivity contribution in [2.45, 2.75) is 0 Å². The van der Waals surface area contributed by atoms with Crippen LogP contribution in [0.15, 0.2) is 17.5 Å². The zero-order chi connectivity index (χ0) is 10.3. The van der Waals surface area contributed by atoms with Crippen LogP contribution in [-0.2, 0) is 0 Å². The number of fused-ring (bicyclic) bond motifs is 1. The Bertz CT molecular complexity index is 485. The molecule has 0 bridgehead atoms. The molecule has 0 saturated carbocycles. The van der Waals surface area contributed by atoms with E-state index in [4.69, 9.17) is 21.6 Å². The molecule has 14 heavy (non-hydrogen) atoms. The first kappa shape index (κ1) is 9.92. The van der Waals surface area contributed by atoms with Gasteiger partial charge in [0, 0.05) is 15.9 Å². The van der Waals surface area contributed by atoms with E-state index in [0.29, 0.717) is 10.1 Å². The van der Waals surface area contributed by atoms with Gasteiger partial charge < -0.3 is 10.0 Å². The van der Waals surface area contributed by atoms with Gasteiger partial charge in [-0.3, -0.25) is 0 Å². The quantitative estimate of drug-likeness (QED) is 0.727. The Kier molecular flexibility index (Phi) is 2.49. The van der Waals surface area contributed by atoms with Gasteiger partial charge in [-0.2, -0.15) is 0 Å². The van der Waals surface area contributed by atoms with E-state index < -0.39 is 12.9 Å². The van der Waals surface area contributed by atoms with Gasteiger partial charge in [-0.1, -0.05) is 11.6 Å². The Labute approximate surface area is 88.7 Å². The van der Waals surface area contributed by atoms with Crippen LogP contribution in [0.3, 0.4) is 0 Å². The van der Waals surface area contributed by atoms with Crippen molar-refractivity contribution in [3.63, 3.8) is 0 Å². The van der Waals surface area contributed by atoms with Crippen molar-refractivity contribution in [3.05, 3.63) is 28.4 Å². The topological polar surface area (TPSA) is 40.5 Å². The fraction of sp³-hybridized carbons (Fsp3) is 0. The summed E-state index contributed by atoms with van der Waals surface area (Å²) in [7, 11) is -1.75. The first-order valence-corrected chi connectivity index (χ1v) is 5.08. The normalized spacial score (nSPS) is 10.9. The summed E-state index contributed by atoms with van der Waals surface area (Å²) < 4.78 is 13.8. The maximum atomic E-state index is 13.3. The number of hydrogen-bond donors (Lipinski definition) is 2. The number of benzene rings is 1. The van der Waals surface area contributed by atoms with E-state index in [-0.39, 0.29) is 10.5 Å². The summed E-state index contributed by atoms with van der Waals surface area (Å²) in [5, 5.41) is 20.3. The SMILES string of the molecule is OB(O)c1cc(F)c2sccc2c1Cl. The molecule has 0 unspecified atom stereocenters. The number of halogens is 2. The summed E-state index contributed by atoms with van der Waals surface area (Å²) in [6, 6.07) is 2.70. The molecule has 2 nitrogen and oxygen atoms in total. The summed E-state index contributed by atoms with van der Waals surface area (Å²) in [6.45, 7) is 0. The molecule has 0 spiro atoms. The molecule has 2 aromatic rings. The third-order valence-corrected chi connectivity index (χ3v) is 3.28. The summed E-state index contributed by atoms with van der Waals surface area (Å²) in [4.78, 5) is 0. The Morgan fingerprint density at radius 3 is 2.79 bits per heavy atom. The van der Waals surface area contributed by atoms with Crippen molar-refractivity contribution in [2.75, 3.05) is 0 Å². The fourth-order valence-electron chi connectivity index (χ4n) is 1.28. The van der Waals surface area contributed by atoms with E-state index in [9.17, 15) is 4.39 Å². The molecule has 2 N–H and O–H groups in total. The standard InChI is InChI=1S/C8H5BClFO2S/c10-7-4-1-2-14-8(4)6(11)3-5(7)9(12)13/h1-3,12-13H. The zero-order valence-electron chi connectivity index (χ0n) is 6.87. The molecule has 0 amide bonds. The smallest absolute Gasteiger partial charge is 0.423 e. The monoisotopic (exact) mass is 230 g/mol. The highest BCUT2D eigenvalue weighted by molar-refractivity contribution is 7.17. The Hall–Kier alpha value is -0.615. The van der Waals surface area contributed by atoms with Crippen LogP contribution >= 0.6 is 22.9 Å². The van der Waals surface area contributed by atoms with Gasteiger partial charge in [0.05, 0.1) is 4.70 Å². The second kappa shape index (κ2) is 3.51. The maximum absolute atomic E-state index is 13.3. The van der Waals surface area contributed by atoms with Crippen LogP contribution in [-0.4, -0.2) is 17.2 Å². The van der Waals surface area contributed by atoms with Crippen LogP contribution in [0.25, 0.3) is 10.1 Å². The molecular weight excluding hydrogens is 225 g/mol. The number of hydrogen-bond acceptors (Lipinski definition) is 3. The average molecular weight is 230 g/mol. The van der Waals surface area contributed by atoms with Gasteiger partial charge in [0.1, 0.15) is 5.82 Å². The summed E-state index contributed by atoms with van der Waals surface area (Å²) in [5.41, 5.74) is -0.00457. The van der Waals surface area contributed by atoms with Crippen molar-refractivity contribution in [1.82, 2.24) is 0 Å². The molecule has 0 aliphatic heterocycles. The van der Waals surface area contributed by atoms with E-state index in [2.05, 4.69) is 0 Å². The third kappa shape index (κ3) is 1.42. The predicted molar refractivity (Wildman–Crippen MR) is 56.6 cm³/mol. The minimum Gasteiger partial charge on any atom is -0.423 e. The highest BCUT2D eigenvalue weighted by Crippen LogP contribution is 2.28. The van der Waals surface area contributed by atoms with Crippen molar-refractivity contribution in [2.24, 2.45) is 0 Å².